The Morgan fingerprint density at radius 1 is 1.21 bits per heavy atom. The van der Waals surface area contributed by atoms with E-state index in [-0.39, 0.29) is 5.75 Å². The third-order valence-electron chi connectivity index (χ3n) is 1.81. The first-order valence-corrected chi connectivity index (χ1v) is 4.14. The molecule has 0 heterocycles. The molecule has 2 nitrogen and oxygen atoms in total. The van der Waals surface area contributed by atoms with Crippen molar-refractivity contribution in [3.8, 4) is 11.5 Å². The topological polar surface area (TPSA) is 18.5 Å². The summed E-state index contributed by atoms with van der Waals surface area (Å²) in [6.07, 6.45) is 0. The zero-order chi connectivity index (χ0) is 10.7. The van der Waals surface area contributed by atoms with Gasteiger partial charge in [0.2, 0.25) is 0 Å². The van der Waals surface area contributed by atoms with Crippen LogP contribution in [-0.4, -0.2) is 13.7 Å². The summed E-state index contributed by atoms with van der Waals surface area (Å²) in [5.74, 6) is 0.441. The molecule has 0 atom stereocenters. The maximum atomic E-state index is 12.0. The molecule has 0 N–H and O–H groups in total. The van der Waals surface area contributed by atoms with Gasteiger partial charge in [0.05, 0.1) is 7.11 Å². The number of rotatable bonds is 3. The van der Waals surface area contributed by atoms with E-state index in [9.17, 15) is 8.78 Å². The number of hydrogen-bond donors (Lipinski definition) is 0. The minimum Gasteiger partial charge on any atom is -0.493 e. The van der Waals surface area contributed by atoms with Crippen LogP contribution < -0.4 is 9.47 Å². The highest BCUT2D eigenvalue weighted by Crippen LogP contribution is 2.33. The van der Waals surface area contributed by atoms with Crippen molar-refractivity contribution in [2.45, 2.75) is 20.5 Å². The van der Waals surface area contributed by atoms with Gasteiger partial charge in [0.1, 0.15) is 0 Å². The van der Waals surface area contributed by atoms with Gasteiger partial charge in [-0.15, -0.1) is 0 Å². The molecule has 0 aliphatic carbocycles. The van der Waals surface area contributed by atoms with Crippen molar-refractivity contribution < 1.29 is 18.3 Å². The summed E-state index contributed by atoms with van der Waals surface area (Å²) in [6, 6.07) is 3.42. The van der Waals surface area contributed by atoms with Crippen LogP contribution in [0.1, 0.15) is 11.1 Å². The Kier molecular flexibility index (Phi) is 3.28. The van der Waals surface area contributed by atoms with Crippen LogP contribution in [0.15, 0.2) is 12.1 Å². The molecule has 0 radical (unpaired) electrons. The lowest BCUT2D eigenvalue weighted by Gasteiger charge is -2.13. The quantitative estimate of drug-likeness (QED) is 0.750. The van der Waals surface area contributed by atoms with Crippen LogP contribution in [0.25, 0.3) is 0 Å². The smallest absolute Gasteiger partial charge is 0.387 e. The largest absolute Gasteiger partial charge is 0.493 e. The maximum Gasteiger partial charge on any atom is 0.387 e. The van der Waals surface area contributed by atoms with Crippen LogP contribution in [0.2, 0.25) is 0 Å². The first kappa shape index (κ1) is 10.8. The summed E-state index contributed by atoms with van der Waals surface area (Å²) in [7, 11) is 1.42. The fourth-order valence-corrected chi connectivity index (χ4v) is 1.31. The standard InChI is InChI=1S/C10H12F2O2/c1-6-4-7(2)9(14-10(11)12)8(5-6)13-3/h4-5,10H,1-3H3. The Labute approximate surface area is 81.4 Å². The van der Waals surface area contributed by atoms with Crippen molar-refractivity contribution in [3.05, 3.63) is 23.3 Å². The second-order valence-corrected chi connectivity index (χ2v) is 2.99. The molecule has 0 aliphatic rings. The van der Waals surface area contributed by atoms with Gasteiger partial charge in [0.15, 0.2) is 11.5 Å². The van der Waals surface area contributed by atoms with E-state index in [4.69, 9.17) is 4.74 Å². The summed E-state index contributed by atoms with van der Waals surface area (Å²) in [4.78, 5) is 0. The number of aryl methyl sites for hydroxylation is 2. The fourth-order valence-electron chi connectivity index (χ4n) is 1.31. The van der Waals surface area contributed by atoms with Gasteiger partial charge >= 0.3 is 6.61 Å². The molecule has 0 spiro atoms. The lowest BCUT2D eigenvalue weighted by molar-refractivity contribution is -0.0516. The molecule has 0 bridgehead atoms. The Bertz CT molecular complexity index is 324. The highest BCUT2D eigenvalue weighted by molar-refractivity contribution is 5.48. The zero-order valence-corrected chi connectivity index (χ0v) is 8.30. The van der Waals surface area contributed by atoms with Crippen LogP contribution in [0.5, 0.6) is 11.5 Å². The van der Waals surface area contributed by atoms with Gasteiger partial charge in [0.25, 0.3) is 0 Å². The van der Waals surface area contributed by atoms with Crippen molar-refractivity contribution >= 4 is 0 Å². The predicted octanol–water partition coefficient (Wildman–Crippen LogP) is 2.91. The highest BCUT2D eigenvalue weighted by atomic mass is 19.3. The molecule has 0 amide bonds. The summed E-state index contributed by atoms with van der Waals surface area (Å²) >= 11 is 0. The van der Waals surface area contributed by atoms with Crippen LogP contribution in [-0.2, 0) is 0 Å². The van der Waals surface area contributed by atoms with Gasteiger partial charge in [0, 0.05) is 0 Å². The zero-order valence-electron chi connectivity index (χ0n) is 8.30. The minimum absolute atomic E-state index is 0.105. The molecule has 0 saturated carbocycles. The van der Waals surface area contributed by atoms with Gasteiger partial charge in [-0.25, -0.2) is 0 Å². The average molecular weight is 202 g/mol. The van der Waals surface area contributed by atoms with Gasteiger partial charge in [-0.1, -0.05) is 6.07 Å². The third-order valence-corrected chi connectivity index (χ3v) is 1.81. The van der Waals surface area contributed by atoms with Crippen molar-refractivity contribution in [1.82, 2.24) is 0 Å². The Morgan fingerprint density at radius 2 is 1.86 bits per heavy atom. The molecule has 1 aromatic rings. The SMILES string of the molecule is COc1cc(C)cc(C)c1OC(F)F. The molecule has 0 aliphatic heterocycles. The maximum absolute atomic E-state index is 12.0. The molecular weight excluding hydrogens is 190 g/mol. The van der Waals surface area contributed by atoms with E-state index in [1.54, 1.807) is 19.1 Å². The van der Waals surface area contributed by atoms with Crippen molar-refractivity contribution in [2.75, 3.05) is 7.11 Å². The first-order valence-electron chi connectivity index (χ1n) is 4.14. The summed E-state index contributed by atoms with van der Waals surface area (Å²) < 4.78 is 33.4. The molecule has 78 valence electrons. The lowest BCUT2D eigenvalue weighted by atomic mass is 10.1. The van der Waals surface area contributed by atoms with Crippen molar-refractivity contribution in [3.63, 3.8) is 0 Å². The molecule has 1 rings (SSSR count). The van der Waals surface area contributed by atoms with Crippen LogP contribution in [0, 0.1) is 13.8 Å². The first-order chi connectivity index (χ1) is 6.54. The predicted molar refractivity (Wildman–Crippen MR) is 49.1 cm³/mol. The number of benzene rings is 1. The fraction of sp³-hybridized carbons (Fsp3) is 0.400. The van der Waals surface area contributed by atoms with E-state index in [0.29, 0.717) is 11.3 Å². The van der Waals surface area contributed by atoms with Gasteiger partial charge in [-0.05, 0) is 31.0 Å². The summed E-state index contributed by atoms with van der Waals surface area (Å²) in [5.41, 5.74) is 1.59. The number of hydrogen-bond acceptors (Lipinski definition) is 2. The molecule has 0 unspecified atom stereocenters. The van der Waals surface area contributed by atoms with E-state index in [1.807, 2.05) is 6.92 Å². The Hall–Kier alpha value is -1.32. The second-order valence-electron chi connectivity index (χ2n) is 2.99. The Balaban J connectivity index is 3.11. The normalized spacial score (nSPS) is 10.4. The molecular formula is C10H12F2O2. The van der Waals surface area contributed by atoms with Crippen LogP contribution in [0.3, 0.4) is 0 Å². The molecule has 0 fully saturated rings. The van der Waals surface area contributed by atoms with Gasteiger partial charge in [-0.3, -0.25) is 0 Å². The number of halogens is 2. The molecule has 14 heavy (non-hydrogen) atoms. The van der Waals surface area contributed by atoms with Crippen molar-refractivity contribution in [1.29, 1.82) is 0 Å². The molecule has 4 heteroatoms. The minimum atomic E-state index is -2.83. The van der Waals surface area contributed by atoms with E-state index in [1.165, 1.54) is 7.11 Å². The highest BCUT2D eigenvalue weighted by Gasteiger charge is 2.13. The molecule has 0 saturated heterocycles. The van der Waals surface area contributed by atoms with E-state index in [2.05, 4.69) is 4.74 Å². The average Bonchev–Trinajstić information content (AvgIpc) is 2.08. The van der Waals surface area contributed by atoms with E-state index < -0.39 is 6.61 Å². The van der Waals surface area contributed by atoms with E-state index >= 15 is 0 Å². The van der Waals surface area contributed by atoms with Crippen molar-refractivity contribution in [2.24, 2.45) is 0 Å². The third kappa shape index (κ3) is 2.34. The van der Waals surface area contributed by atoms with Gasteiger partial charge < -0.3 is 9.47 Å². The number of methoxy groups -OCH3 is 1. The van der Waals surface area contributed by atoms with Crippen LogP contribution in [0.4, 0.5) is 8.78 Å². The van der Waals surface area contributed by atoms with Crippen LogP contribution >= 0.6 is 0 Å². The second kappa shape index (κ2) is 4.26. The number of alkyl halides is 2. The monoisotopic (exact) mass is 202 g/mol. The lowest BCUT2D eigenvalue weighted by Crippen LogP contribution is -2.05. The summed E-state index contributed by atoms with van der Waals surface area (Å²) in [5, 5.41) is 0. The molecule has 1 aromatic carbocycles. The van der Waals surface area contributed by atoms with E-state index in [0.717, 1.165) is 5.56 Å². The van der Waals surface area contributed by atoms with Gasteiger partial charge in [-0.2, -0.15) is 8.78 Å². The Morgan fingerprint density at radius 3 is 2.36 bits per heavy atom. The summed E-state index contributed by atoms with van der Waals surface area (Å²) in [6.45, 7) is 0.736. The molecule has 0 aromatic heterocycles. The number of ether oxygens (including phenoxy) is 2.